The molecule has 2 N–H and O–H groups in total. The maximum atomic E-state index is 12.1. The van der Waals surface area contributed by atoms with Gasteiger partial charge in [-0.2, -0.15) is 0 Å². The molecule has 3 aromatic rings. The Labute approximate surface area is 140 Å². The summed E-state index contributed by atoms with van der Waals surface area (Å²) in [7, 11) is 0. The van der Waals surface area contributed by atoms with Gasteiger partial charge in [-0.3, -0.25) is 9.89 Å². The van der Waals surface area contributed by atoms with E-state index in [-0.39, 0.29) is 12.5 Å². The van der Waals surface area contributed by atoms with Crippen molar-refractivity contribution in [2.75, 3.05) is 0 Å². The molecule has 0 aliphatic rings. The van der Waals surface area contributed by atoms with Crippen LogP contribution in [0.2, 0.25) is 0 Å². The molecule has 108 valence electrons. The minimum atomic E-state index is -0.181. The lowest BCUT2D eigenvalue weighted by molar-refractivity contribution is 0.0949. The minimum absolute atomic E-state index is 0.181. The van der Waals surface area contributed by atoms with Crippen molar-refractivity contribution < 1.29 is 9.21 Å². The van der Waals surface area contributed by atoms with Crippen LogP contribution >= 0.6 is 43.2 Å². The van der Waals surface area contributed by atoms with Crippen molar-refractivity contribution in [2.45, 2.75) is 6.54 Å². The first-order chi connectivity index (χ1) is 10.1. The lowest BCUT2D eigenvalue weighted by Gasteiger charge is -2.01. The van der Waals surface area contributed by atoms with Gasteiger partial charge in [-0.15, -0.1) is 16.4 Å². The van der Waals surface area contributed by atoms with Crippen molar-refractivity contribution >= 4 is 49.1 Å². The highest BCUT2D eigenvalue weighted by molar-refractivity contribution is 9.12. The second-order valence-corrected chi connectivity index (χ2v) is 7.75. The van der Waals surface area contributed by atoms with E-state index in [1.54, 1.807) is 24.5 Å². The molecule has 9 heteroatoms. The maximum absolute atomic E-state index is 12.1. The van der Waals surface area contributed by atoms with Gasteiger partial charge in [0.25, 0.3) is 5.91 Å². The molecule has 0 saturated carbocycles. The standard InChI is InChI=1S/C12H8Br2N4O2S/c13-8-4-6(10(14)21-8)12(19)15-5-9-16-11(18-17-9)7-2-1-3-20-7/h1-4H,5H2,(H,15,19)(H,16,17,18). The molecule has 0 bridgehead atoms. The molecule has 0 atom stereocenters. The van der Waals surface area contributed by atoms with E-state index in [4.69, 9.17) is 4.42 Å². The molecule has 0 unspecified atom stereocenters. The van der Waals surface area contributed by atoms with Crippen molar-refractivity contribution in [3.63, 3.8) is 0 Å². The van der Waals surface area contributed by atoms with E-state index in [9.17, 15) is 4.79 Å². The van der Waals surface area contributed by atoms with Crippen molar-refractivity contribution in [2.24, 2.45) is 0 Å². The molecule has 0 radical (unpaired) electrons. The van der Waals surface area contributed by atoms with Crippen LogP contribution in [-0.4, -0.2) is 21.1 Å². The molecule has 0 aliphatic heterocycles. The van der Waals surface area contributed by atoms with Crippen LogP contribution in [0, 0.1) is 0 Å². The smallest absolute Gasteiger partial charge is 0.253 e. The highest BCUT2D eigenvalue weighted by atomic mass is 79.9. The maximum Gasteiger partial charge on any atom is 0.253 e. The van der Waals surface area contributed by atoms with Crippen molar-refractivity contribution in [3.8, 4) is 11.6 Å². The molecule has 0 fully saturated rings. The number of amides is 1. The summed E-state index contributed by atoms with van der Waals surface area (Å²) in [5.74, 6) is 1.41. The Bertz CT molecular complexity index is 766. The average molecular weight is 432 g/mol. The Hall–Kier alpha value is -1.45. The average Bonchev–Trinajstić information content (AvgIpc) is 3.15. The van der Waals surface area contributed by atoms with Crippen LogP contribution in [-0.2, 0) is 6.54 Å². The SMILES string of the molecule is O=C(NCc1nc(-c2ccco2)n[nH]1)c1cc(Br)sc1Br. The van der Waals surface area contributed by atoms with Crippen LogP contribution < -0.4 is 5.32 Å². The van der Waals surface area contributed by atoms with E-state index in [2.05, 4.69) is 52.4 Å². The second-order valence-electron chi connectivity index (χ2n) is 4.00. The highest BCUT2D eigenvalue weighted by Gasteiger charge is 2.14. The zero-order valence-corrected chi connectivity index (χ0v) is 14.4. The summed E-state index contributed by atoms with van der Waals surface area (Å²) >= 11 is 8.14. The van der Waals surface area contributed by atoms with Gasteiger partial charge in [0.1, 0.15) is 5.82 Å². The van der Waals surface area contributed by atoms with Crippen LogP contribution in [0.15, 0.2) is 36.5 Å². The van der Waals surface area contributed by atoms with Crippen LogP contribution in [0.25, 0.3) is 11.6 Å². The second kappa shape index (κ2) is 6.12. The Kier molecular flexibility index (Phi) is 4.22. The van der Waals surface area contributed by atoms with E-state index in [1.807, 2.05) is 0 Å². The zero-order valence-electron chi connectivity index (χ0n) is 10.4. The molecule has 3 heterocycles. The molecule has 3 aromatic heterocycles. The van der Waals surface area contributed by atoms with Gasteiger partial charge in [-0.05, 0) is 50.1 Å². The van der Waals surface area contributed by atoms with Crippen LogP contribution in [0.1, 0.15) is 16.2 Å². The number of furan rings is 1. The molecule has 3 rings (SSSR count). The number of carbonyl (C=O) groups excluding carboxylic acids is 1. The first-order valence-corrected chi connectivity index (χ1v) is 8.22. The minimum Gasteiger partial charge on any atom is -0.461 e. The van der Waals surface area contributed by atoms with E-state index in [1.165, 1.54) is 11.3 Å². The van der Waals surface area contributed by atoms with E-state index >= 15 is 0 Å². The normalized spacial score (nSPS) is 10.8. The van der Waals surface area contributed by atoms with Crippen molar-refractivity contribution in [1.29, 1.82) is 0 Å². The quantitative estimate of drug-likeness (QED) is 0.661. The van der Waals surface area contributed by atoms with Crippen molar-refractivity contribution in [1.82, 2.24) is 20.5 Å². The summed E-state index contributed by atoms with van der Waals surface area (Å²) in [4.78, 5) is 16.3. The van der Waals surface area contributed by atoms with Gasteiger partial charge < -0.3 is 9.73 Å². The van der Waals surface area contributed by atoms with Gasteiger partial charge in [0.2, 0.25) is 5.82 Å². The molecule has 0 spiro atoms. The van der Waals surface area contributed by atoms with Gasteiger partial charge in [-0.1, -0.05) is 0 Å². The number of rotatable bonds is 4. The molecule has 0 saturated heterocycles. The number of nitrogens with one attached hydrogen (secondary N) is 2. The Morgan fingerprint density at radius 1 is 1.48 bits per heavy atom. The summed E-state index contributed by atoms with van der Waals surface area (Å²) in [6.45, 7) is 0.256. The Balaban J connectivity index is 1.65. The lowest BCUT2D eigenvalue weighted by atomic mass is 10.3. The van der Waals surface area contributed by atoms with E-state index in [0.29, 0.717) is 23.0 Å². The number of aromatic nitrogens is 3. The summed E-state index contributed by atoms with van der Waals surface area (Å²) in [6.07, 6.45) is 1.55. The number of carbonyl (C=O) groups is 1. The Morgan fingerprint density at radius 3 is 3.00 bits per heavy atom. The summed E-state index contributed by atoms with van der Waals surface area (Å²) < 4.78 is 6.87. The molecule has 0 aliphatic carbocycles. The lowest BCUT2D eigenvalue weighted by Crippen LogP contribution is -2.23. The topological polar surface area (TPSA) is 83.8 Å². The number of halogens is 2. The third-order valence-electron chi connectivity index (χ3n) is 2.59. The predicted molar refractivity (Wildman–Crippen MR) is 85.0 cm³/mol. The van der Waals surface area contributed by atoms with Gasteiger partial charge in [0.05, 0.1) is 25.9 Å². The molecule has 1 amide bonds. The molecular weight excluding hydrogens is 424 g/mol. The van der Waals surface area contributed by atoms with Gasteiger partial charge in [0.15, 0.2) is 5.76 Å². The van der Waals surface area contributed by atoms with Crippen LogP contribution in [0.5, 0.6) is 0 Å². The van der Waals surface area contributed by atoms with E-state index < -0.39 is 0 Å². The molecular formula is C12H8Br2N4O2S. The summed E-state index contributed by atoms with van der Waals surface area (Å²) in [6, 6.07) is 5.30. The summed E-state index contributed by atoms with van der Waals surface area (Å²) in [5.41, 5.74) is 0.581. The fraction of sp³-hybridized carbons (Fsp3) is 0.0833. The number of aromatic amines is 1. The fourth-order valence-corrected chi connectivity index (χ4v) is 4.44. The monoisotopic (exact) mass is 430 g/mol. The first-order valence-electron chi connectivity index (χ1n) is 5.81. The largest absolute Gasteiger partial charge is 0.461 e. The zero-order chi connectivity index (χ0) is 14.8. The number of H-pyrrole nitrogens is 1. The molecule has 0 aromatic carbocycles. The fourth-order valence-electron chi connectivity index (χ4n) is 1.64. The first kappa shape index (κ1) is 14.5. The third kappa shape index (κ3) is 3.25. The molecule has 6 nitrogen and oxygen atoms in total. The number of thiophene rings is 1. The van der Waals surface area contributed by atoms with Crippen LogP contribution in [0.3, 0.4) is 0 Å². The summed E-state index contributed by atoms with van der Waals surface area (Å²) in [5, 5.41) is 9.58. The predicted octanol–water partition coefficient (Wildman–Crippen LogP) is 3.58. The third-order valence-corrected chi connectivity index (χ3v) is 4.93. The number of hydrogen-bond acceptors (Lipinski definition) is 5. The van der Waals surface area contributed by atoms with Gasteiger partial charge in [-0.25, -0.2) is 4.98 Å². The van der Waals surface area contributed by atoms with Crippen LogP contribution in [0.4, 0.5) is 0 Å². The highest BCUT2D eigenvalue weighted by Crippen LogP contribution is 2.31. The van der Waals surface area contributed by atoms with Gasteiger partial charge in [0, 0.05) is 0 Å². The number of nitrogens with zero attached hydrogens (tertiary/aromatic N) is 2. The molecule has 21 heavy (non-hydrogen) atoms. The van der Waals surface area contributed by atoms with Gasteiger partial charge >= 0.3 is 0 Å². The van der Waals surface area contributed by atoms with E-state index in [0.717, 1.165) is 7.57 Å². The Morgan fingerprint density at radius 2 is 2.33 bits per heavy atom. The van der Waals surface area contributed by atoms with Crippen molar-refractivity contribution in [3.05, 3.63) is 43.4 Å². The number of hydrogen-bond donors (Lipinski definition) is 2.